The number of hydrogen-bond acceptors (Lipinski definition) is 5. The third-order valence-corrected chi connectivity index (χ3v) is 3.92. The SMILES string of the molecule is Nc1c(NCCc2ccccc2)ncnc1Nc1ccccc1C(F)(F)F. The van der Waals surface area contributed by atoms with Crippen LogP contribution in [0.5, 0.6) is 0 Å². The minimum Gasteiger partial charge on any atom is -0.393 e. The maximum atomic E-state index is 13.1. The minimum absolute atomic E-state index is 0.115. The summed E-state index contributed by atoms with van der Waals surface area (Å²) in [6.45, 7) is 0.573. The number of nitrogens with two attached hydrogens (primary N) is 1. The average Bonchev–Trinajstić information content (AvgIpc) is 2.65. The number of alkyl halides is 3. The summed E-state index contributed by atoms with van der Waals surface area (Å²) in [7, 11) is 0. The maximum absolute atomic E-state index is 13.1. The van der Waals surface area contributed by atoms with Gasteiger partial charge >= 0.3 is 6.18 Å². The Morgan fingerprint density at radius 3 is 2.30 bits per heavy atom. The number of rotatable bonds is 6. The van der Waals surface area contributed by atoms with Gasteiger partial charge in [0.05, 0.1) is 11.3 Å². The lowest BCUT2D eigenvalue weighted by molar-refractivity contribution is -0.136. The summed E-state index contributed by atoms with van der Waals surface area (Å²) in [4.78, 5) is 8.04. The molecule has 0 fully saturated rings. The molecule has 27 heavy (non-hydrogen) atoms. The number of anilines is 4. The molecule has 0 aliphatic heterocycles. The Kier molecular flexibility index (Phi) is 5.44. The van der Waals surface area contributed by atoms with E-state index >= 15 is 0 Å². The van der Waals surface area contributed by atoms with Crippen LogP contribution in [0.3, 0.4) is 0 Å². The Morgan fingerprint density at radius 2 is 1.56 bits per heavy atom. The topological polar surface area (TPSA) is 75.9 Å². The molecule has 0 saturated carbocycles. The second kappa shape index (κ2) is 7.94. The summed E-state index contributed by atoms with van der Waals surface area (Å²) in [5.41, 5.74) is 6.43. The first-order valence-electron chi connectivity index (χ1n) is 8.26. The van der Waals surface area contributed by atoms with Crippen molar-refractivity contribution in [1.29, 1.82) is 0 Å². The Labute approximate surface area is 154 Å². The number of hydrogen-bond donors (Lipinski definition) is 3. The Morgan fingerprint density at radius 1 is 0.889 bits per heavy atom. The van der Waals surface area contributed by atoms with E-state index in [1.54, 1.807) is 0 Å². The molecule has 0 amide bonds. The van der Waals surface area contributed by atoms with Gasteiger partial charge in [0.15, 0.2) is 11.6 Å². The van der Waals surface area contributed by atoms with E-state index in [9.17, 15) is 13.2 Å². The number of nitrogens with one attached hydrogen (secondary N) is 2. The summed E-state index contributed by atoms with van der Waals surface area (Å²) in [5.74, 6) is 0.483. The van der Waals surface area contributed by atoms with Gasteiger partial charge in [0, 0.05) is 6.54 Å². The summed E-state index contributed by atoms with van der Waals surface area (Å²) in [6.07, 6.45) is -2.48. The van der Waals surface area contributed by atoms with Crippen LogP contribution in [-0.4, -0.2) is 16.5 Å². The molecule has 3 aromatic rings. The molecule has 0 atom stereocenters. The Bertz CT molecular complexity index is 897. The van der Waals surface area contributed by atoms with Crippen LogP contribution in [-0.2, 0) is 12.6 Å². The molecule has 1 aromatic heterocycles. The van der Waals surface area contributed by atoms with E-state index < -0.39 is 11.7 Å². The van der Waals surface area contributed by atoms with E-state index in [4.69, 9.17) is 5.73 Å². The highest BCUT2D eigenvalue weighted by Gasteiger charge is 2.33. The van der Waals surface area contributed by atoms with Crippen molar-refractivity contribution in [3.63, 3.8) is 0 Å². The van der Waals surface area contributed by atoms with Crippen LogP contribution in [0.2, 0.25) is 0 Å². The van der Waals surface area contributed by atoms with E-state index in [1.807, 2.05) is 30.3 Å². The zero-order valence-corrected chi connectivity index (χ0v) is 14.3. The second-order valence-corrected chi connectivity index (χ2v) is 5.82. The molecule has 8 heteroatoms. The van der Waals surface area contributed by atoms with Crippen molar-refractivity contribution in [3.05, 3.63) is 72.1 Å². The zero-order valence-electron chi connectivity index (χ0n) is 14.3. The molecule has 0 spiro atoms. The molecular formula is C19H18F3N5. The van der Waals surface area contributed by atoms with Crippen molar-refractivity contribution in [3.8, 4) is 0 Å². The number of halogens is 3. The predicted molar refractivity (Wildman–Crippen MR) is 99.8 cm³/mol. The summed E-state index contributed by atoms with van der Waals surface area (Å²) < 4.78 is 39.4. The van der Waals surface area contributed by atoms with Crippen molar-refractivity contribution in [2.75, 3.05) is 22.9 Å². The fraction of sp³-hybridized carbons (Fsp3) is 0.158. The maximum Gasteiger partial charge on any atom is 0.418 e. The van der Waals surface area contributed by atoms with Crippen LogP contribution in [0.15, 0.2) is 60.9 Å². The molecule has 5 nitrogen and oxygen atoms in total. The van der Waals surface area contributed by atoms with Gasteiger partial charge in [-0.1, -0.05) is 42.5 Å². The number of nitrogen functional groups attached to an aromatic ring is 1. The highest BCUT2D eigenvalue weighted by Crippen LogP contribution is 2.36. The number of aromatic nitrogens is 2. The zero-order chi connectivity index (χ0) is 19.3. The van der Waals surface area contributed by atoms with Gasteiger partial charge < -0.3 is 16.4 Å². The molecule has 2 aromatic carbocycles. The molecule has 0 aliphatic rings. The highest BCUT2D eigenvalue weighted by molar-refractivity contribution is 5.78. The summed E-state index contributed by atoms with van der Waals surface area (Å²) in [6, 6.07) is 15.0. The largest absolute Gasteiger partial charge is 0.418 e. The first-order chi connectivity index (χ1) is 12.9. The molecule has 0 saturated heterocycles. The predicted octanol–water partition coefficient (Wildman–Crippen LogP) is 4.48. The molecule has 1 heterocycles. The van der Waals surface area contributed by atoms with Crippen molar-refractivity contribution in [2.24, 2.45) is 0 Å². The normalized spacial score (nSPS) is 11.2. The second-order valence-electron chi connectivity index (χ2n) is 5.82. The molecule has 0 bridgehead atoms. The first kappa shape index (κ1) is 18.5. The summed E-state index contributed by atoms with van der Waals surface area (Å²) in [5, 5.41) is 5.75. The van der Waals surface area contributed by atoms with Gasteiger partial charge in [0.1, 0.15) is 12.0 Å². The number of para-hydroxylation sites is 1. The van der Waals surface area contributed by atoms with Crippen molar-refractivity contribution in [2.45, 2.75) is 12.6 Å². The monoisotopic (exact) mass is 373 g/mol. The molecule has 0 aliphatic carbocycles. The fourth-order valence-corrected chi connectivity index (χ4v) is 2.57. The fourth-order valence-electron chi connectivity index (χ4n) is 2.57. The van der Waals surface area contributed by atoms with Gasteiger partial charge in [-0.15, -0.1) is 0 Å². The van der Waals surface area contributed by atoms with Crippen LogP contribution in [0.1, 0.15) is 11.1 Å². The van der Waals surface area contributed by atoms with Crippen LogP contribution in [0, 0.1) is 0 Å². The lowest BCUT2D eigenvalue weighted by Crippen LogP contribution is -2.12. The van der Waals surface area contributed by atoms with Gasteiger partial charge in [0.25, 0.3) is 0 Å². The third kappa shape index (κ3) is 4.66. The van der Waals surface area contributed by atoms with Crippen LogP contribution >= 0.6 is 0 Å². The molecular weight excluding hydrogens is 355 g/mol. The Hall–Kier alpha value is -3.29. The first-order valence-corrected chi connectivity index (χ1v) is 8.26. The van der Waals surface area contributed by atoms with Crippen LogP contribution in [0.4, 0.5) is 36.2 Å². The van der Waals surface area contributed by atoms with E-state index in [2.05, 4.69) is 20.6 Å². The van der Waals surface area contributed by atoms with Crippen molar-refractivity contribution >= 4 is 23.0 Å². The van der Waals surface area contributed by atoms with E-state index in [0.29, 0.717) is 12.4 Å². The van der Waals surface area contributed by atoms with Gasteiger partial charge in [0.2, 0.25) is 0 Å². The number of nitrogens with zero attached hydrogens (tertiary/aromatic N) is 2. The highest BCUT2D eigenvalue weighted by atomic mass is 19.4. The van der Waals surface area contributed by atoms with E-state index in [0.717, 1.165) is 18.1 Å². The van der Waals surface area contributed by atoms with Gasteiger partial charge in [-0.05, 0) is 24.1 Å². The molecule has 3 rings (SSSR count). The van der Waals surface area contributed by atoms with Gasteiger partial charge in [-0.3, -0.25) is 0 Å². The molecule has 4 N–H and O–H groups in total. The van der Waals surface area contributed by atoms with Gasteiger partial charge in [-0.25, -0.2) is 9.97 Å². The standard InChI is InChI=1S/C19H18F3N5/c20-19(21,22)14-8-4-5-9-15(14)27-18-16(23)17(25-12-26-18)24-11-10-13-6-2-1-3-7-13/h1-9,12H,10-11,23H2,(H2,24,25,26,27). The molecule has 0 radical (unpaired) electrons. The van der Waals surface area contributed by atoms with Crippen molar-refractivity contribution < 1.29 is 13.2 Å². The quantitative estimate of drug-likeness (QED) is 0.594. The van der Waals surface area contributed by atoms with Gasteiger partial charge in [-0.2, -0.15) is 13.2 Å². The smallest absolute Gasteiger partial charge is 0.393 e. The van der Waals surface area contributed by atoms with Crippen LogP contribution < -0.4 is 16.4 Å². The van der Waals surface area contributed by atoms with E-state index in [1.165, 1.54) is 24.5 Å². The minimum atomic E-state index is -4.48. The Balaban J connectivity index is 1.74. The summed E-state index contributed by atoms with van der Waals surface area (Å²) >= 11 is 0. The molecule has 140 valence electrons. The number of benzene rings is 2. The average molecular weight is 373 g/mol. The molecule has 0 unspecified atom stereocenters. The lowest BCUT2D eigenvalue weighted by Gasteiger charge is -2.16. The van der Waals surface area contributed by atoms with Crippen molar-refractivity contribution in [1.82, 2.24) is 9.97 Å². The third-order valence-electron chi connectivity index (χ3n) is 3.92. The van der Waals surface area contributed by atoms with E-state index in [-0.39, 0.29) is 17.2 Å². The van der Waals surface area contributed by atoms with Crippen LogP contribution in [0.25, 0.3) is 0 Å². The lowest BCUT2D eigenvalue weighted by atomic mass is 10.1.